The molecule has 0 radical (unpaired) electrons. The topological polar surface area (TPSA) is 29.3 Å². The Morgan fingerprint density at radius 3 is 2.23 bits per heavy atom. The molecule has 0 unspecified atom stereocenters. The number of benzene rings is 1. The zero-order chi connectivity index (χ0) is 9.84. The van der Waals surface area contributed by atoms with E-state index in [0.29, 0.717) is 4.99 Å². The van der Waals surface area contributed by atoms with Crippen LogP contribution in [0.25, 0.3) is 0 Å². The van der Waals surface area contributed by atoms with E-state index in [-0.39, 0.29) is 0 Å². The van der Waals surface area contributed by atoms with Crippen LogP contribution in [-0.2, 0) is 6.54 Å². The standard InChI is InChI=1S/C10H14N2S/c1-12(2)7-8-3-5-9(6-4-8)10(11)13/h3-6H,7H2,1-2H3,(H2,11,13). The molecule has 1 aromatic rings. The monoisotopic (exact) mass is 194 g/mol. The Balaban J connectivity index is 2.75. The van der Waals surface area contributed by atoms with Crippen molar-refractivity contribution in [2.45, 2.75) is 6.54 Å². The van der Waals surface area contributed by atoms with E-state index in [2.05, 4.69) is 17.0 Å². The molecule has 1 aromatic carbocycles. The molecule has 2 N–H and O–H groups in total. The molecule has 3 heteroatoms. The fourth-order valence-electron chi connectivity index (χ4n) is 1.14. The van der Waals surface area contributed by atoms with Gasteiger partial charge in [-0.15, -0.1) is 0 Å². The molecule has 0 saturated heterocycles. The van der Waals surface area contributed by atoms with Gasteiger partial charge in [-0.3, -0.25) is 0 Å². The highest BCUT2D eigenvalue weighted by molar-refractivity contribution is 7.80. The van der Waals surface area contributed by atoms with Gasteiger partial charge in [-0.1, -0.05) is 36.5 Å². The minimum absolute atomic E-state index is 0.455. The van der Waals surface area contributed by atoms with Crippen LogP contribution in [0.5, 0.6) is 0 Å². The van der Waals surface area contributed by atoms with Crippen molar-refractivity contribution in [1.82, 2.24) is 4.90 Å². The Morgan fingerprint density at radius 1 is 1.31 bits per heavy atom. The first-order valence-electron chi connectivity index (χ1n) is 4.13. The van der Waals surface area contributed by atoms with Crippen LogP contribution in [-0.4, -0.2) is 24.0 Å². The summed E-state index contributed by atoms with van der Waals surface area (Å²) in [6.07, 6.45) is 0. The Hall–Kier alpha value is -0.930. The Kier molecular flexibility index (Phi) is 3.39. The van der Waals surface area contributed by atoms with E-state index in [4.69, 9.17) is 18.0 Å². The second kappa shape index (κ2) is 4.35. The highest BCUT2D eigenvalue weighted by Crippen LogP contribution is 2.05. The number of hydrogen-bond acceptors (Lipinski definition) is 2. The molecule has 0 heterocycles. The summed E-state index contributed by atoms with van der Waals surface area (Å²) in [7, 11) is 4.09. The Labute approximate surface area is 84.3 Å². The van der Waals surface area contributed by atoms with Gasteiger partial charge in [-0.2, -0.15) is 0 Å². The third-order valence-electron chi connectivity index (χ3n) is 1.74. The number of nitrogens with two attached hydrogens (primary N) is 1. The number of nitrogens with zero attached hydrogens (tertiary/aromatic N) is 1. The van der Waals surface area contributed by atoms with Crippen LogP contribution in [0.1, 0.15) is 11.1 Å². The summed E-state index contributed by atoms with van der Waals surface area (Å²) in [5.41, 5.74) is 7.68. The van der Waals surface area contributed by atoms with Crippen molar-refractivity contribution >= 4 is 17.2 Å². The van der Waals surface area contributed by atoms with Crippen molar-refractivity contribution in [1.29, 1.82) is 0 Å². The summed E-state index contributed by atoms with van der Waals surface area (Å²) in [5, 5.41) is 0. The lowest BCUT2D eigenvalue weighted by Crippen LogP contribution is -2.12. The van der Waals surface area contributed by atoms with Crippen LogP contribution < -0.4 is 5.73 Å². The minimum atomic E-state index is 0.455. The second-order valence-electron chi connectivity index (χ2n) is 3.30. The normalized spacial score (nSPS) is 10.4. The minimum Gasteiger partial charge on any atom is -0.389 e. The zero-order valence-electron chi connectivity index (χ0n) is 7.95. The van der Waals surface area contributed by atoms with Gasteiger partial charge in [0.05, 0.1) is 0 Å². The molecule has 0 spiro atoms. The largest absolute Gasteiger partial charge is 0.389 e. The van der Waals surface area contributed by atoms with E-state index in [1.165, 1.54) is 5.56 Å². The lowest BCUT2D eigenvalue weighted by molar-refractivity contribution is 0.402. The molecule has 2 nitrogen and oxygen atoms in total. The highest BCUT2D eigenvalue weighted by Gasteiger charge is 1.97. The predicted molar refractivity (Wildman–Crippen MR) is 59.7 cm³/mol. The van der Waals surface area contributed by atoms with Gasteiger partial charge in [0, 0.05) is 12.1 Å². The third-order valence-corrected chi connectivity index (χ3v) is 1.97. The second-order valence-corrected chi connectivity index (χ2v) is 3.74. The van der Waals surface area contributed by atoms with Crippen LogP contribution in [0.15, 0.2) is 24.3 Å². The van der Waals surface area contributed by atoms with E-state index in [0.717, 1.165) is 12.1 Å². The summed E-state index contributed by atoms with van der Waals surface area (Å²) in [6.45, 7) is 0.942. The summed E-state index contributed by atoms with van der Waals surface area (Å²) in [6, 6.07) is 8.02. The van der Waals surface area contributed by atoms with Crippen molar-refractivity contribution in [3.63, 3.8) is 0 Å². The maximum Gasteiger partial charge on any atom is 0.103 e. The molecule has 13 heavy (non-hydrogen) atoms. The van der Waals surface area contributed by atoms with Crippen molar-refractivity contribution in [3.8, 4) is 0 Å². The van der Waals surface area contributed by atoms with Crippen molar-refractivity contribution in [3.05, 3.63) is 35.4 Å². The van der Waals surface area contributed by atoms with Crippen LogP contribution in [0.3, 0.4) is 0 Å². The maximum atomic E-state index is 5.49. The van der Waals surface area contributed by atoms with Crippen LogP contribution in [0, 0.1) is 0 Å². The van der Waals surface area contributed by atoms with E-state index >= 15 is 0 Å². The van der Waals surface area contributed by atoms with Crippen LogP contribution >= 0.6 is 12.2 Å². The summed E-state index contributed by atoms with van der Waals surface area (Å²) in [4.78, 5) is 2.58. The Morgan fingerprint density at radius 2 is 1.85 bits per heavy atom. The van der Waals surface area contributed by atoms with Crippen LogP contribution in [0.4, 0.5) is 0 Å². The van der Waals surface area contributed by atoms with Gasteiger partial charge in [-0.25, -0.2) is 0 Å². The van der Waals surface area contributed by atoms with Crippen molar-refractivity contribution < 1.29 is 0 Å². The van der Waals surface area contributed by atoms with E-state index in [1.54, 1.807) is 0 Å². The molecule has 0 aliphatic rings. The molecule has 0 amide bonds. The molecule has 0 aromatic heterocycles. The lowest BCUT2D eigenvalue weighted by atomic mass is 10.1. The van der Waals surface area contributed by atoms with Gasteiger partial charge in [0.15, 0.2) is 0 Å². The van der Waals surface area contributed by atoms with Crippen LogP contribution in [0.2, 0.25) is 0 Å². The van der Waals surface area contributed by atoms with Gasteiger partial charge in [0.2, 0.25) is 0 Å². The molecule has 70 valence electrons. The van der Waals surface area contributed by atoms with Gasteiger partial charge < -0.3 is 10.6 Å². The SMILES string of the molecule is CN(C)Cc1ccc(C(N)=S)cc1. The number of rotatable bonds is 3. The van der Waals surface area contributed by atoms with E-state index < -0.39 is 0 Å². The van der Waals surface area contributed by atoms with E-state index in [9.17, 15) is 0 Å². The quantitative estimate of drug-likeness (QED) is 0.737. The van der Waals surface area contributed by atoms with Crippen molar-refractivity contribution in [2.24, 2.45) is 5.73 Å². The van der Waals surface area contributed by atoms with Gasteiger partial charge >= 0.3 is 0 Å². The molecule has 0 fully saturated rings. The average molecular weight is 194 g/mol. The highest BCUT2D eigenvalue weighted by atomic mass is 32.1. The van der Waals surface area contributed by atoms with E-state index in [1.807, 2.05) is 26.2 Å². The molecule has 0 aliphatic heterocycles. The number of thiocarbonyl (C=S) groups is 1. The first-order chi connectivity index (χ1) is 6.09. The summed E-state index contributed by atoms with van der Waals surface area (Å²) >= 11 is 4.86. The third kappa shape index (κ3) is 3.13. The zero-order valence-corrected chi connectivity index (χ0v) is 8.77. The van der Waals surface area contributed by atoms with Gasteiger partial charge in [-0.05, 0) is 19.7 Å². The fraction of sp³-hybridized carbons (Fsp3) is 0.300. The van der Waals surface area contributed by atoms with Crippen molar-refractivity contribution in [2.75, 3.05) is 14.1 Å². The smallest absolute Gasteiger partial charge is 0.103 e. The average Bonchev–Trinajstić information content (AvgIpc) is 2.04. The lowest BCUT2D eigenvalue weighted by Gasteiger charge is -2.09. The van der Waals surface area contributed by atoms with Gasteiger partial charge in [0.1, 0.15) is 4.99 Å². The summed E-state index contributed by atoms with van der Waals surface area (Å²) in [5.74, 6) is 0. The first-order valence-corrected chi connectivity index (χ1v) is 4.54. The number of hydrogen-bond donors (Lipinski definition) is 1. The summed E-state index contributed by atoms with van der Waals surface area (Å²) < 4.78 is 0. The first kappa shape index (κ1) is 10.2. The molecular weight excluding hydrogens is 180 g/mol. The molecule has 0 bridgehead atoms. The maximum absolute atomic E-state index is 5.49. The molecule has 1 rings (SSSR count). The van der Waals surface area contributed by atoms with Gasteiger partial charge in [0.25, 0.3) is 0 Å². The Bertz CT molecular complexity index is 290. The molecule has 0 saturated carbocycles. The predicted octanol–water partition coefficient (Wildman–Crippen LogP) is 1.38. The molecular formula is C10H14N2S. The fourth-order valence-corrected chi connectivity index (χ4v) is 1.28. The molecule has 0 aliphatic carbocycles. The molecule has 0 atom stereocenters.